The predicted octanol–water partition coefficient (Wildman–Crippen LogP) is 3.02. The maximum absolute atomic E-state index is 12.0. The molecule has 6 heteroatoms. The SMILES string of the molecule is CN(CC(=O)NCC(=O)Nc1ccccc1Br)CC1CCCCC1. The van der Waals surface area contributed by atoms with Gasteiger partial charge in [-0.25, -0.2) is 0 Å². The van der Waals surface area contributed by atoms with Gasteiger partial charge >= 0.3 is 0 Å². The number of likely N-dealkylation sites (N-methyl/N-ethyl adjacent to an activating group) is 1. The summed E-state index contributed by atoms with van der Waals surface area (Å²) in [6, 6.07) is 7.39. The van der Waals surface area contributed by atoms with E-state index in [9.17, 15) is 9.59 Å². The first kappa shape index (κ1) is 18.9. The van der Waals surface area contributed by atoms with Crippen LogP contribution in [0.1, 0.15) is 32.1 Å². The van der Waals surface area contributed by atoms with Crippen LogP contribution < -0.4 is 10.6 Å². The number of nitrogens with one attached hydrogen (secondary N) is 2. The highest BCUT2D eigenvalue weighted by atomic mass is 79.9. The summed E-state index contributed by atoms with van der Waals surface area (Å²) in [5, 5.41) is 5.45. The Morgan fingerprint density at radius 3 is 2.58 bits per heavy atom. The molecule has 0 spiro atoms. The van der Waals surface area contributed by atoms with Crippen LogP contribution in [0.25, 0.3) is 0 Å². The molecule has 1 saturated carbocycles. The van der Waals surface area contributed by atoms with E-state index in [-0.39, 0.29) is 18.4 Å². The molecule has 0 atom stereocenters. The van der Waals surface area contributed by atoms with E-state index in [1.54, 1.807) is 0 Å². The van der Waals surface area contributed by atoms with Gasteiger partial charge in [-0.15, -0.1) is 0 Å². The lowest BCUT2D eigenvalue weighted by atomic mass is 9.89. The number of rotatable bonds is 7. The summed E-state index contributed by atoms with van der Waals surface area (Å²) in [6.07, 6.45) is 6.48. The zero-order valence-electron chi connectivity index (χ0n) is 14.2. The normalized spacial score (nSPS) is 15.3. The minimum atomic E-state index is -0.231. The zero-order chi connectivity index (χ0) is 17.4. The van der Waals surface area contributed by atoms with E-state index in [4.69, 9.17) is 0 Å². The molecule has 24 heavy (non-hydrogen) atoms. The van der Waals surface area contributed by atoms with Gasteiger partial charge in [0.05, 0.1) is 18.8 Å². The number of amides is 2. The smallest absolute Gasteiger partial charge is 0.243 e. The Labute approximate surface area is 152 Å². The van der Waals surface area contributed by atoms with Crippen LogP contribution >= 0.6 is 15.9 Å². The Hall–Kier alpha value is -1.40. The van der Waals surface area contributed by atoms with Crippen LogP contribution in [0.15, 0.2) is 28.7 Å². The molecule has 0 radical (unpaired) electrons. The number of nitrogens with zero attached hydrogens (tertiary/aromatic N) is 1. The van der Waals surface area contributed by atoms with Crippen molar-refractivity contribution in [3.05, 3.63) is 28.7 Å². The summed E-state index contributed by atoms with van der Waals surface area (Å²) in [5.74, 6) is 0.357. The second-order valence-electron chi connectivity index (χ2n) is 6.51. The van der Waals surface area contributed by atoms with Crippen molar-refractivity contribution >= 4 is 33.4 Å². The Bertz CT molecular complexity index is 559. The van der Waals surface area contributed by atoms with Crippen molar-refractivity contribution in [2.75, 3.05) is 32.0 Å². The Balaban J connectivity index is 1.66. The largest absolute Gasteiger partial charge is 0.346 e. The lowest BCUT2D eigenvalue weighted by Crippen LogP contribution is -2.40. The van der Waals surface area contributed by atoms with Crippen molar-refractivity contribution in [3.63, 3.8) is 0 Å². The van der Waals surface area contributed by atoms with E-state index in [1.165, 1.54) is 32.1 Å². The minimum absolute atomic E-state index is 0.0164. The fourth-order valence-electron chi connectivity index (χ4n) is 3.11. The topological polar surface area (TPSA) is 61.4 Å². The van der Waals surface area contributed by atoms with Crippen LogP contribution in [-0.4, -0.2) is 43.4 Å². The van der Waals surface area contributed by atoms with Crippen LogP contribution in [0.3, 0.4) is 0 Å². The third-order valence-corrected chi connectivity index (χ3v) is 4.99. The molecule has 132 valence electrons. The van der Waals surface area contributed by atoms with E-state index < -0.39 is 0 Å². The van der Waals surface area contributed by atoms with Gasteiger partial charge in [0, 0.05) is 11.0 Å². The van der Waals surface area contributed by atoms with Crippen molar-refractivity contribution in [3.8, 4) is 0 Å². The molecule has 1 aromatic rings. The second-order valence-corrected chi connectivity index (χ2v) is 7.36. The molecule has 1 aliphatic carbocycles. The molecule has 0 aromatic heterocycles. The quantitative estimate of drug-likeness (QED) is 0.745. The van der Waals surface area contributed by atoms with Gasteiger partial charge in [-0.2, -0.15) is 0 Å². The van der Waals surface area contributed by atoms with Crippen LogP contribution in [-0.2, 0) is 9.59 Å². The summed E-state index contributed by atoms with van der Waals surface area (Å²) >= 11 is 3.38. The lowest BCUT2D eigenvalue weighted by molar-refractivity contribution is -0.124. The first-order valence-corrected chi connectivity index (χ1v) is 9.33. The highest BCUT2D eigenvalue weighted by Gasteiger charge is 2.17. The molecule has 0 bridgehead atoms. The molecule has 0 aliphatic heterocycles. The van der Waals surface area contributed by atoms with E-state index in [0.717, 1.165) is 11.0 Å². The number of benzene rings is 1. The summed E-state index contributed by atoms with van der Waals surface area (Å²) in [7, 11) is 1.97. The third kappa shape index (κ3) is 6.61. The summed E-state index contributed by atoms with van der Waals surface area (Å²) in [5.41, 5.74) is 0.700. The molecule has 1 aromatic carbocycles. The zero-order valence-corrected chi connectivity index (χ0v) is 15.8. The van der Waals surface area contributed by atoms with Crippen LogP contribution in [0.5, 0.6) is 0 Å². The minimum Gasteiger partial charge on any atom is -0.346 e. The Morgan fingerprint density at radius 1 is 1.17 bits per heavy atom. The first-order valence-electron chi connectivity index (χ1n) is 8.54. The molecule has 5 nitrogen and oxygen atoms in total. The van der Waals surface area contributed by atoms with Crippen molar-refractivity contribution in [2.45, 2.75) is 32.1 Å². The van der Waals surface area contributed by atoms with E-state index >= 15 is 0 Å². The number of hydrogen-bond acceptors (Lipinski definition) is 3. The second kappa shape index (κ2) is 9.79. The summed E-state index contributed by atoms with van der Waals surface area (Å²) in [6.45, 7) is 1.27. The maximum Gasteiger partial charge on any atom is 0.243 e. The molecular formula is C18H26BrN3O2. The molecular weight excluding hydrogens is 370 g/mol. The number of carbonyl (C=O) groups excluding carboxylic acids is 2. The van der Waals surface area contributed by atoms with Crippen molar-refractivity contribution in [1.29, 1.82) is 0 Å². The van der Waals surface area contributed by atoms with E-state index in [1.807, 2.05) is 31.3 Å². The maximum atomic E-state index is 12.0. The standard InChI is InChI=1S/C18H26BrN3O2/c1-22(12-14-7-3-2-4-8-14)13-18(24)20-11-17(23)21-16-10-6-5-9-15(16)19/h5-6,9-10,14H,2-4,7-8,11-13H2,1H3,(H,20,24)(H,21,23). The van der Waals surface area contributed by atoms with Gasteiger partial charge in [0.25, 0.3) is 0 Å². The Kier molecular flexibility index (Phi) is 7.72. The number of carbonyl (C=O) groups is 2. The highest BCUT2D eigenvalue weighted by Crippen LogP contribution is 2.24. The fourth-order valence-corrected chi connectivity index (χ4v) is 3.50. The van der Waals surface area contributed by atoms with Gasteiger partial charge in [0.2, 0.25) is 11.8 Å². The number of para-hydroxylation sites is 1. The Morgan fingerprint density at radius 2 is 1.88 bits per heavy atom. The van der Waals surface area contributed by atoms with Crippen molar-refractivity contribution in [1.82, 2.24) is 10.2 Å². The molecule has 2 N–H and O–H groups in total. The number of hydrogen-bond donors (Lipinski definition) is 2. The van der Waals surface area contributed by atoms with Crippen LogP contribution in [0.2, 0.25) is 0 Å². The average molecular weight is 396 g/mol. The molecule has 0 saturated heterocycles. The van der Waals surface area contributed by atoms with Gasteiger partial charge in [0.15, 0.2) is 0 Å². The molecule has 2 rings (SSSR count). The van der Waals surface area contributed by atoms with Crippen LogP contribution in [0.4, 0.5) is 5.69 Å². The van der Waals surface area contributed by atoms with Crippen LogP contribution in [0, 0.1) is 5.92 Å². The predicted molar refractivity (Wildman–Crippen MR) is 99.9 cm³/mol. The lowest BCUT2D eigenvalue weighted by Gasteiger charge is -2.26. The average Bonchev–Trinajstić information content (AvgIpc) is 2.56. The van der Waals surface area contributed by atoms with Crippen molar-refractivity contribution < 1.29 is 9.59 Å². The van der Waals surface area contributed by atoms with Gasteiger partial charge in [-0.05, 0) is 53.9 Å². The summed E-state index contributed by atoms with van der Waals surface area (Å²) in [4.78, 5) is 25.9. The van der Waals surface area contributed by atoms with Gasteiger partial charge in [-0.1, -0.05) is 31.4 Å². The fraction of sp³-hybridized carbons (Fsp3) is 0.556. The molecule has 1 aliphatic rings. The van der Waals surface area contributed by atoms with Crippen molar-refractivity contribution in [2.24, 2.45) is 5.92 Å². The van der Waals surface area contributed by atoms with E-state index in [2.05, 4.69) is 31.5 Å². The molecule has 0 unspecified atom stereocenters. The van der Waals surface area contributed by atoms with E-state index in [0.29, 0.717) is 18.2 Å². The summed E-state index contributed by atoms with van der Waals surface area (Å²) < 4.78 is 0.817. The van der Waals surface area contributed by atoms with Gasteiger partial charge in [-0.3, -0.25) is 14.5 Å². The molecule has 0 heterocycles. The third-order valence-electron chi connectivity index (χ3n) is 4.30. The number of anilines is 1. The van der Waals surface area contributed by atoms with Gasteiger partial charge in [0.1, 0.15) is 0 Å². The highest BCUT2D eigenvalue weighted by molar-refractivity contribution is 9.10. The van der Waals surface area contributed by atoms with Gasteiger partial charge < -0.3 is 10.6 Å². The molecule has 1 fully saturated rings. The first-order chi connectivity index (χ1) is 11.5. The molecule has 2 amide bonds. The monoisotopic (exact) mass is 395 g/mol. The number of halogens is 1.